The third kappa shape index (κ3) is 27.2. The van der Waals surface area contributed by atoms with E-state index < -0.39 is 150 Å². The lowest BCUT2D eigenvalue weighted by molar-refractivity contribution is -0.360. The van der Waals surface area contributed by atoms with E-state index in [4.69, 9.17) is 37.5 Å². The minimum atomic E-state index is -5.64. The molecule has 0 bridgehead atoms. The van der Waals surface area contributed by atoms with Crippen molar-refractivity contribution >= 4 is 19.8 Å². The third-order valence-electron chi connectivity index (χ3n) is 15.5. The van der Waals surface area contributed by atoms with E-state index in [2.05, 4.69) is 32.9 Å². The summed E-state index contributed by atoms with van der Waals surface area (Å²) in [6.07, 6.45) is -2.31. The Hall–Kier alpha value is -1.81. The minimum absolute atomic E-state index is 0.0500. The molecule has 0 aromatic heterocycles. The summed E-state index contributed by atoms with van der Waals surface area (Å²) in [4.78, 5) is 37.6. The van der Waals surface area contributed by atoms with Gasteiger partial charge in [-0.2, -0.15) is 0 Å². The van der Waals surface area contributed by atoms with Crippen molar-refractivity contribution in [3.8, 4) is 0 Å². The summed E-state index contributed by atoms with van der Waals surface area (Å²) in [7, 11) is -5.64. The van der Waals surface area contributed by atoms with E-state index in [-0.39, 0.29) is 12.8 Å². The standard InChI is InChI=1S/C57H105O23P/c1-4-6-8-10-12-13-14-15-16-17-18-19-25-29-33-43(61)75-39(36-73-42(60)32-28-24-21-20-23-27-31-38(3)30-26-22-11-9-7-5-2)37-74-81(71,72)80-55-53(78-56-51(69)46(64)44(62)40(34-58)76-56)49(67)48(66)50(68)54(55)79-57-52(70)47(65)45(63)41(35-59)77-57/h16-17,38-41,44-59,62-70H,4-15,18-37H2,1-3H3,(H,71,72)/b17-16-. The zero-order chi connectivity index (χ0) is 59.7. The zero-order valence-electron chi connectivity index (χ0n) is 48.5. The van der Waals surface area contributed by atoms with Gasteiger partial charge < -0.3 is 89.5 Å². The summed E-state index contributed by atoms with van der Waals surface area (Å²) in [6.45, 7) is 3.32. The monoisotopic (exact) mass is 1190 g/mol. The second kappa shape index (κ2) is 41.3. The molecule has 1 aliphatic carbocycles. The van der Waals surface area contributed by atoms with Crippen molar-refractivity contribution in [2.75, 3.05) is 26.4 Å². The van der Waals surface area contributed by atoms with Gasteiger partial charge in [-0.3, -0.25) is 18.6 Å². The fourth-order valence-electron chi connectivity index (χ4n) is 10.3. The van der Waals surface area contributed by atoms with E-state index in [0.29, 0.717) is 25.2 Å². The second-order valence-electron chi connectivity index (χ2n) is 22.5. The molecule has 0 aromatic carbocycles. The Kier molecular flexibility index (Phi) is 37.5. The molecule has 2 heterocycles. The predicted molar refractivity (Wildman–Crippen MR) is 296 cm³/mol. The Bertz CT molecular complexity index is 1680. The number of hydrogen-bond donors (Lipinski definition) is 12. The summed E-state index contributed by atoms with van der Waals surface area (Å²) in [5.74, 6) is -0.644. The number of ether oxygens (including phenoxy) is 6. The highest BCUT2D eigenvalue weighted by molar-refractivity contribution is 7.47. The van der Waals surface area contributed by atoms with Gasteiger partial charge in [-0.25, -0.2) is 4.57 Å². The fraction of sp³-hybridized carbons (Fsp3) is 0.930. The van der Waals surface area contributed by atoms with Crippen LogP contribution in [0.25, 0.3) is 0 Å². The van der Waals surface area contributed by atoms with Crippen LogP contribution in [0.4, 0.5) is 0 Å². The smallest absolute Gasteiger partial charge is 0.462 e. The van der Waals surface area contributed by atoms with Crippen molar-refractivity contribution in [3.05, 3.63) is 12.2 Å². The van der Waals surface area contributed by atoms with Gasteiger partial charge >= 0.3 is 19.8 Å². The van der Waals surface area contributed by atoms with E-state index in [1.807, 2.05) is 0 Å². The summed E-state index contributed by atoms with van der Waals surface area (Å²) in [5, 5.41) is 117. The predicted octanol–water partition coefficient (Wildman–Crippen LogP) is 4.57. The Balaban J connectivity index is 1.70. The molecule has 17 unspecified atom stereocenters. The molecule has 3 aliphatic rings. The van der Waals surface area contributed by atoms with Crippen molar-refractivity contribution < 1.29 is 113 Å². The first-order valence-corrected chi connectivity index (χ1v) is 31.9. The van der Waals surface area contributed by atoms with Crippen LogP contribution in [0.2, 0.25) is 0 Å². The van der Waals surface area contributed by atoms with Crippen LogP contribution < -0.4 is 0 Å². The number of rotatable bonds is 44. The lowest BCUT2D eigenvalue weighted by atomic mass is 9.84. The van der Waals surface area contributed by atoms with Gasteiger partial charge in [-0.15, -0.1) is 0 Å². The molecule has 1 saturated carbocycles. The first-order valence-electron chi connectivity index (χ1n) is 30.4. The van der Waals surface area contributed by atoms with Gasteiger partial charge in [-0.05, 0) is 44.4 Å². The first kappa shape index (κ1) is 73.4. The Morgan fingerprint density at radius 2 is 0.889 bits per heavy atom. The maximum absolute atomic E-state index is 14.0. The molecule has 17 atom stereocenters. The number of carbonyl (C=O) groups is 2. The van der Waals surface area contributed by atoms with Gasteiger partial charge in [0.1, 0.15) is 92.1 Å². The topological polar surface area (TPSA) is 368 Å². The molecule has 2 saturated heterocycles. The van der Waals surface area contributed by atoms with Crippen molar-refractivity contribution in [1.82, 2.24) is 0 Å². The summed E-state index contributed by atoms with van der Waals surface area (Å²) >= 11 is 0. The SMILES string of the molecule is CCCCCCCCC/C=C\CCCCCC(=O)OC(COC(=O)CCCCCCCCC(C)CCCCCCCC)COP(=O)(O)OC1C(OC2OC(CO)C(O)C(O)C2O)C(O)C(O)C(O)C1OC1OC(CO)C(O)C(O)C1O. The molecular weight excluding hydrogens is 1080 g/mol. The van der Waals surface area contributed by atoms with Crippen LogP contribution in [-0.2, 0) is 51.6 Å². The molecule has 2 aliphatic heterocycles. The van der Waals surface area contributed by atoms with E-state index in [1.165, 1.54) is 89.9 Å². The molecule has 3 rings (SSSR count). The number of phosphoric acid groups is 1. The molecule has 3 fully saturated rings. The maximum atomic E-state index is 14.0. The van der Waals surface area contributed by atoms with E-state index in [1.54, 1.807) is 0 Å². The number of hydrogen-bond acceptors (Lipinski definition) is 22. The van der Waals surface area contributed by atoms with Gasteiger partial charge in [0.25, 0.3) is 0 Å². The second-order valence-corrected chi connectivity index (χ2v) is 23.9. The number of allylic oxidation sites excluding steroid dienone is 2. The van der Waals surface area contributed by atoms with Gasteiger partial charge in [0, 0.05) is 12.8 Å². The average molecular weight is 1190 g/mol. The van der Waals surface area contributed by atoms with Crippen LogP contribution in [-0.4, -0.2) is 204 Å². The summed E-state index contributed by atoms with van der Waals surface area (Å²) in [6, 6.07) is 0. The zero-order valence-corrected chi connectivity index (χ0v) is 49.4. The maximum Gasteiger partial charge on any atom is 0.472 e. The minimum Gasteiger partial charge on any atom is -0.462 e. The van der Waals surface area contributed by atoms with Gasteiger partial charge in [0.15, 0.2) is 18.7 Å². The third-order valence-corrected chi connectivity index (χ3v) is 16.5. The fourth-order valence-corrected chi connectivity index (χ4v) is 11.3. The summed E-state index contributed by atoms with van der Waals surface area (Å²) < 4.78 is 58.2. The molecular formula is C57H105O23P. The highest BCUT2D eigenvalue weighted by Crippen LogP contribution is 2.49. The number of phosphoric ester groups is 1. The van der Waals surface area contributed by atoms with Crippen molar-refractivity contribution in [3.63, 3.8) is 0 Å². The number of esters is 2. The highest BCUT2D eigenvalue weighted by Gasteiger charge is 2.58. The Labute approximate surface area is 480 Å². The molecule has 0 spiro atoms. The largest absolute Gasteiger partial charge is 0.472 e. The van der Waals surface area contributed by atoms with E-state index >= 15 is 0 Å². The lowest BCUT2D eigenvalue weighted by Crippen LogP contribution is -2.69. The number of unbranched alkanes of at least 4 members (excludes halogenated alkanes) is 20. The van der Waals surface area contributed by atoms with Crippen LogP contribution in [0.1, 0.15) is 201 Å². The molecule has 81 heavy (non-hydrogen) atoms. The molecule has 23 nitrogen and oxygen atoms in total. The Morgan fingerprint density at radius 1 is 0.494 bits per heavy atom. The average Bonchev–Trinajstić information content (AvgIpc) is 3.61. The molecule has 24 heteroatoms. The lowest BCUT2D eigenvalue weighted by Gasteiger charge is -2.49. The number of carbonyl (C=O) groups excluding carboxylic acids is 2. The van der Waals surface area contributed by atoms with Crippen LogP contribution in [0, 0.1) is 5.92 Å². The van der Waals surface area contributed by atoms with E-state index in [9.17, 15) is 75.2 Å². The molecule has 476 valence electrons. The molecule has 0 aromatic rings. The number of aliphatic hydroxyl groups is 11. The van der Waals surface area contributed by atoms with E-state index in [0.717, 1.165) is 57.8 Å². The summed E-state index contributed by atoms with van der Waals surface area (Å²) in [5.41, 5.74) is 0. The molecule has 0 radical (unpaired) electrons. The van der Waals surface area contributed by atoms with Crippen LogP contribution >= 0.6 is 7.82 Å². The first-order chi connectivity index (χ1) is 38.8. The quantitative estimate of drug-likeness (QED) is 0.0172. The van der Waals surface area contributed by atoms with Gasteiger partial charge in [-0.1, -0.05) is 161 Å². The normalized spacial score (nSPS) is 31.4. The Morgan fingerprint density at radius 3 is 1.35 bits per heavy atom. The van der Waals surface area contributed by atoms with Crippen molar-refractivity contribution in [2.24, 2.45) is 5.92 Å². The highest BCUT2D eigenvalue weighted by atomic mass is 31.2. The van der Waals surface area contributed by atoms with Crippen LogP contribution in [0.15, 0.2) is 12.2 Å². The van der Waals surface area contributed by atoms with Crippen molar-refractivity contribution in [2.45, 2.75) is 305 Å². The molecule has 12 N–H and O–H groups in total. The molecule has 0 amide bonds. The van der Waals surface area contributed by atoms with Gasteiger partial charge in [0.05, 0.1) is 19.8 Å². The van der Waals surface area contributed by atoms with Crippen LogP contribution in [0.3, 0.4) is 0 Å². The van der Waals surface area contributed by atoms with Crippen LogP contribution in [0.5, 0.6) is 0 Å². The number of aliphatic hydroxyl groups excluding tert-OH is 11. The van der Waals surface area contributed by atoms with Gasteiger partial charge in [0.2, 0.25) is 0 Å². The van der Waals surface area contributed by atoms with Crippen molar-refractivity contribution in [1.29, 1.82) is 0 Å².